The van der Waals surface area contributed by atoms with Crippen molar-refractivity contribution in [3.05, 3.63) is 53.3 Å². The zero-order valence-corrected chi connectivity index (χ0v) is 20.0. The number of esters is 1. The van der Waals surface area contributed by atoms with Crippen molar-refractivity contribution < 1.29 is 29.3 Å². The molecule has 2 heterocycles. The molecule has 7 nitrogen and oxygen atoms in total. The molecular weight excluding hydrogens is 422 g/mol. The summed E-state index contributed by atoms with van der Waals surface area (Å²) in [6.45, 7) is 9.69. The molecule has 0 aromatic heterocycles. The van der Waals surface area contributed by atoms with E-state index in [1.165, 1.54) is 0 Å². The smallest absolute Gasteiger partial charge is 0.312 e. The molecule has 0 aliphatic carbocycles. The highest BCUT2D eigenvalue weighted by atomic mass is 16.6. The van der Waals surface area contributed by atoms with Gasteiger partial charge >= 0.3 is 5.97 Å². The number of benzene rings is 1. The van der Waals surface area contributed by atoms with E-state index in [1.807, 2.05) is 57.2 Å². The molecule has 0 saturated carbocycles. The van der Waals surface area contributed by atoms with Crippen LogP contribution in [0.3, 0.4) is 0 Å². The van der Waals surface area contributed by atoms with Crippen LogP contribution in [0.2, 0.25) is 0 Å². The highest BCUT2D eigenvalue weighted by Gasteiger charge is 2.53. The molecule has 0 spiro atoms. The van der Waals surface area contributed by atoms with Gasteiger partial charge in [0.15, 0.2) is 0 Å². The highest BCUT2D eigenvalue weighted by molar-refractivity contribution is 5.98. The van der Waals surface area contributed by atoms with Crippen LogP contribution in [0.25, 0.3) is 0 Å². The molecule has 7 heteroatoms. The first-order valence-corrected chi connectivity index (χ1v) is 11.6. The largest absolute Gasteiger partial charge is 0.457 e. The van der Waals surface area contributed by atoms with Gasteiger partial charge < -0.3 is 24.5 Å². The Morgan fingerprint density at radius 3 is 2.61 bits per heavy atom. The lowest BCUT2D eigenvalue weighted by molar-refractivity contribution is -0.161. The Bertz CT molecular complexity index is 922. The molecule has 7 atom stereocenters. The zero-order chi connectivity index (χ0) is 24.2. The van der Waals surface area contributed by atoms with Crippen molar-refractivity contribution in [1.82, 2.24) is 0 Å². The number of aliphatic hydroxyl groups is 1. The second-order valence-electron chi connectivity index (χ2n) is 9.30. The minimum absolute atomic E-state index is 0.0746. The molecule has 33 heavy (non-hydrogen) atoms. The average Bonchev–Trinajstić information content (AvgIpc) is 3.05. The third-order valence-corrected chi connectivity index (χ3v) is 6.65. The number of aliphatic hydroxyl groups excluding tert-OH is 1. The highest BCUT2D eigenvalue weighted by Crippen LogP contribution is 2.38. The molecule has 1 aromatic carbocycles. The summed E-state index contributed by atoms with van der Waals surface area (Å²) >= 11 is 0. The lowest BCUT2D eigenvalue weighted by Gasteiger charge is -2.31. The van der Waals surface area contributed by atoms with E-state index in [2.05, 4.69) is 10.9 Å². The summed E-state index contributed by atoms with van der Waals surface area (Å²) in [7, 11) is 0. The first kappa shape index (κ1) is 25.2. The minimum atomic E-state index is -1.21. The van der Waals surface area contributed by atoms with Gasteiger partial charge in [-0.3, -0.25) is 4.79 Å². The molecule has 0 radical (unpaired) electrons. The number of fused-ring (bicyclic) bond motifs is 2. The number of ether oxygens (including phenoxy) is 3. The fraction of sp³-hybridized carbons (Fsp3) is 0.577. The maximum atomic E-state index is 12.9. The second kappa shape index (κ2) is 10.7. The summed E-state index contributed by atoms with van der Waals surface area (Å²) in [5, 5.41) is 23.9. The number of hydrogen-bond acceptors (Lipinski definition) is 7. The molecule has 180 valence electrons. The fourth-order valence-electron chi connectivity index (χ4n) is 4.63. The van der Waals surface area contributed by atoms with Gasteiger partial charge in [0.05, 0.1) is 18.6 Å². The Kier molecular flexibility index (Phi) is 8.14. The molecule has 2 N–H and O–H groups in total. The topological polar surface area (TPSA) is 97.6 Å². The van der Waals surface area contributed by atoms with Gasteiger partial charge in [0.1, 0.15) is 29.6 Å². The molecule has 7 unspecified atom stereocenters. The Morgan fingerprint density at radius 1 is 1.27 bits per heavy atom. The zero-order valence-electron chi connectivity index (χ0n) is 20.0. The van der Waals surface area contributed by atoms with Gasteiger partial charge in [0.2, 0.25) is 0 Å². The van der Waals surface area contributed by atoms with Crippen LogP contribution >= 0.6 is 0 Å². The molecule has 2 aliphatic heterocycles. The van der Waals surface area contributed by atoms with E-state index in [0.717, 1.165) is 11.1 Å². The number of nitrogens with zero attached hydrogens (tertiary/aromatic N) is 1. The van der Waals surface area contributed by atoms with Crippen LogP contribution < -0.4 is 0 Å². The summed E-state index contributed by atoms with van der Waals surface area (Å²) < 4.78 is 18.2. The van der Waals surface area contributed by atoms with E-state index in [4.69, 9.17) is 14.2 Å². The third kappa shape index (κ3) is 5.56. The number of cyclic esters (lactones) is 1. The van der Waals surface area contributed by atoms with Crippen molar-refractivity contribution in [3.8, 4) is 0 Å². The van der Waals surface area contributed by atoms with Gasteiger partial charge in [-0.1, -0.05) is 49.3 Å². The van der Waals surface area contributed by atoms with Crippen LogP contribution in [-0.4, -0.2) is 52.0 Å². The number of rotatable bonds is 4. The molecule has 1 saturated heterocycles. The molecule has 2 bridgehead atoms. The quantitative estimate of drug-likeness (QED) is 0.307. The standard InChI is InChI=1S/C26H35NO6/c1-6-20-16(2)12-13-21(31-15-19-10-8-7-9-11-19)17(3)14-26(5)24(27-30)22(28)23(33-26)18(4)25(29)32-20/h7-11,13,17-18,20-23,28,30H,6,14-15H2,1-5H3/b27-24-. The lowest BCUT2D eigenvalue weighted by Crippen LogP contribution is -2.40. The summed E-state index contributed by atoms with van der Waals surface area (Å²) in [5.41, 5.74) is 4.18. The van der Waals surface area contributed by atoms with Crippen LogP contribution in [-0.2, 0) is 25.6 Å². The summed E-state index contributed by atoms with van der Waals surface area (Å²) in [5.74, 6) is -1.29. The maximum absolute atomic E-state index is 12.9. The van der Waals surface area contributed by atoms with Crippen LogP contribution in [0.5, 0.6) is 0 Å². The van der Waals surface area contributed by atoms with E-state index in [9.17, 15) is 15.1 Å². The Hall–Kier alpha value is -2.44. The monoisotopic (exact) mass is 457 g/mol. The molecule has 1 fully saturated rings. The van der Waals surface area contributed by atoms with Crippen molar-refractivity contribution in [3.63, 3.8) is 0 Å². The normalized spacial score (nSPS) is 36.5. The molecule has 2 aliphatic rings. The second-order valence-corrected chi connectivity index (χ2v) is 9.30. The first-order chi connectivity index (χ1) is 15.7. The maximum Gasteiger partial charge on any atom is 0.312 e. The van der Waals surface area contributed by atoms with E-state index in [0.29, 0.717) is 19.4 Å². The van der Waals surface area contributed by atoms with Gasteiger partial charge in [-0.05, 0) is 51.2 Å². The van der Waals surface area contributed by atoms with Crippen molar-refractivity contribution in [1.29, 1.82) is 0 Å². The summed E-state index contributed by atoms with van der Waals surface area (Å²) in [6, 6.07) is 9.89. The van der Waals surface area contributed by atoms with Crippen LogP contribution in [0.1, 0.15) is 53.0 Å². The summed E-state index contributed by atoms with van der Waals surface area (Å²) in [4.78, 5) is 12.9. The van der Waals surface area contributed by atoms with Crippen molar-refractivity contribution in [2.45, 2.75) is 84.1 Å². The van der Waals surface area contributed by atoms with Crippen LogP contribution in [0.4, 0.5) is 0 Å². The van der Waals surface area contributed by atoms with E-state index in [-0.39, 0.29) is 17.7 Å². The van der Waals surface area contributed by atoms with E-state index < -0.39 is 35.8 Å². The predicted octanol–water partition coefficient (Wildman–Crippen LogP) is 4.02. The Balaban J connectivity index is 1.98. The lowest BCUT2D eigenvalue weighted by atomic mass is 9.84. The number of carbonyl (C=O) groups is 1. The van der Waals surface area contributed by atoms with E-state index in [1.54, 1.807) is 13.8 Å². The minimum Gasteiger partial charge on any atom is -0.457 e. The number of oxime groups is 1. The number of carbonyl (C=O) groups excluding carboxylic acids is 1. The van der Waals surface area contributed by atoms with Gasteiger partial charge in [-0.2, -0.15) is 0 Å². The van der Waals surface area contributed by atoms with Crippen molar-refractivity contribution in [2.24, 2.45) is 17.0 Å². The molecule has 3 rings (SSSR count). The van der Waals surface area contributed by atoms with Gasteiger partial charge in [-0.15, -0.1) is 5.73 Å². The average molecular weight is 458 g/mol. The van der Waals surface area contributed by atoms with Crippen molar-refractivity contribution >= 4 is 11.7 Å². The molecular formula is C26H35NO6. The summed E-state index contributed by atoms with van der Waals surface area (Å²) in [6.07, 6.45) is -0.00143. The Labute approximate surface area is 195 Å². The third-order valence-electron chi connectivity index (χ3n) is 6.65. The Morgan fingerprint density at radius 2 is 1.97 bits per heavy atom. The molecule has 0 amide bonds. The fourth-order valence-corrected chi connectivity index (χ4v) is 4.63. The van der Waals surface area contributed by atoms with Crippen molar-refractivity contribution in [2.75, 3.05) is 0 Å². The molecule has 1 aromatic rings. The van der Waals surface area contributed by atoms with Gasteiger partial charge in [0, 0.05) is 5.57 Å². The van der Waals surface area contributed by atoms with Crippen LogP contribution in [0, 0.1) is 11.8 Å². The van der Waals surface area contributed by atoms with E-state index >= 15 is 0 Å². The van der Waals surface area contributed by atoms with Gasteiger partial charge in [0.25, 0.3) is 0 Å². The van der Waals surface area contributed by atoms with Crippen LogP contribution in [0.15, 0.2) is 52.9 Å². The predicted molar refractivity (Wildman–Crippen MR) is 124 cm³/mol. The first-order valence-electron chi connectivity index (χ1n) is 11.6. The SMILES string of the molecule is CCC1OC(=O)C(C)C2OC(C)(CC(C)C(OCc3ccccc3)C=C=C1C)/C(=N\O)C2O. The van der Waals surface area contributed by atoms with Gasteiger partial charge in [-0.25, -0.2) is 0 Å². The number of hydrogen-bond donors (Lipinski definition) is 2.